The van der Waals surface area contributed by atoms with Gasteiger partial charge < -0.3 is 14.2 Å². The molecule has 0 bridgehead atoms. The van der Waals surface area contributed by atoms with E-state index >= 15 is 0 Å². The Labute approximate surface area is 193 Å². The molecule has 0 atom stereocenters. The van der Waals surface area contributed by atoms with Crippen LogP contribution in [-0.2, 0) is 28.6 Å². The second-order valence-electron chi connectivity index (χ2n) is 6.88. The molecule has 3 aromatic carbocycles. The van der Waals surface area contributed by atoms with Gasteiger partial charge in [-0.3, -0.25) is 0 Å². The van der Waals surface area contributed by atoms with Crippen LogP contribution in [0.5, 0.6) is 0 Å². The van der Waals surface area contributed by atoms with Crippen LogP contribution >= 0.6 is 7.26 Å². The first-order valence-electron chi connectivity index (χ1n) is 10.1. The van der Waals surface area contributed by atoms with E-state index in [9.17, 15) is 14.4 Å². The molecule has 0 fully saturated rings. The smallest absolute Gasteiger partial charge is 0.375 e. The fourth-order valence-electron chi connectivity index (χ4n) is 3.77. The van der Waals surface area contributed by atoms with E-state index in [1.807, 2.05) is 91.0 Å². The predicted molar refractivity (Wildman–Crippen MR) is 128 cm³/mol. The summed E-state index contributed by atoms with van der Waals surface area (Å²) in [6, 6.07) is 27.9. The Morgan fingerprint density at radius 1 is 0.515 bits per heavy atom. The minimum atomic E-state index is -3.12. The lowest BCUT2D eigenvalue weighted by molar-refractivity contribution is -0.145. The van der Waals surface area contributed by atoms with E-state index in [1.54, 1.807) is 0 Å². The molecule has 168 valence electrons. The van der Waals surface area contributed by atoms with Gasteiger partial charge >= 0.3 is 17.9 Å². The normalized spacial score (nSPS) is 10.6. The highest BCUT2D eigenvalue weighted by molar-refractivity contribution is 7.99. The maximum Gasteiger partial charge on any atom is 0.375 e. The highest BCUT2D eigenvalue weighted by Gasteiger charge is 2.57. The topological polar surface area (TPSA) is 78.9 Å². The molecule has 0 saturated heterocycles. The number of carbonyl (C=O) groups excluding carboxylic acids is 3. The van der Waals surface area contributed by atoms with Crippen LogP contribution in [0.15, 0.2) is 102 Å². The molecule has 0 spiro atoms. The summed E-state index contributed by atoms with van der Waals surface area (Å²) in [5.74, 6) is -2.77. The Morgan fingerprint density at radius 2 is 0.818 bits per heavy atom. The number of rotatable bonds is 7. The molecule has 0 aliphatic heterocycles. The van der Waals surface area contributed by atoms with Gasteiger partial charge in [-0.05, 0) is 36.4 Å². The molecular formula is C26H24O6P+. The Hall–Kier alpha value is -3.76. The number of ether oxygens (including phenoxy) is 3. The van der Waals surface area contributed by atoms with Crippen molar-refractivity contribution >= 4 is 41.1 Å². The van der Waals surface area contributed by atoms with Crippen molar-refractivity contribution in [3.8, 4) is 0 Å². The summed E-state index contributed by atoms with van der Waals surface area (Å²) in [7, 11) is 0.383. The van der Waals surface area contributed by atoms with Crippen molar-refractivity contribution in [3.05, 3.63) is 102 Å². The van der Waals surface area contributed by atoms with E-state index in [2.05, 4.69) is 0 Å². The number of benzene rings is 3. The van der Waals surface area contributed by atoms with Crippen molar-refractivity contribution in [2.75, 3.05) is 21.3 Å². The third kappa shape index (κ3) is 4.43. The Kier molecular flexibility index (Phi) is 7.75. The Bertz CT molecular complexity index is 1040. The lowest BCUT2D eigenvalue weighted by Crippen LogP contribution is -2.37. The molecule has 0 aromatic heterocycles. The molecule has 0 aliphatic rings. The molecule has 0 aliphatic carbocycles. The molecule has 0 saturated carbocycles. The van der Waals surface area contributed by atoms with Gasteiger partial charge in [0.25, 0.3) is 0 Å². The summed E-state index contributed by atoms with van der Waals surface area (Å²) in [6.07, 6.45) is 0. The minimum Gasteiger partial charge on any atom is -0.465 e. The molecule has 3 aromatic rings. The maximum absolute atomic E-state index is 13.5. The lowest BCUT2D eigenvalue weighted by Gasteiger charge is -2.29. The summed E-state index contributed by atoms with van der Waals surface area (Å²) in [6.45, 7) is 0. The van der Waals surface area contributed by atoms with Crippen molar-refractivity contribution in [3.63, 3.8) is 0 Å². The molecule has 3 rings (SSSR count). The fourth-order valence-corrected chi connectivity index (χ4v) is 8.18. The molecule has 0 unspecified atom stereocenters. The van der Waals surface area contributed by atoms with Crippen LogP contribution in [0, 0.1) is 0 Å². The first-order chi connectivity index (χ1) is 16.0. The largest absolute Gasteiger partial charge is 0.465 e. The first kappa shape index (κ1) is 23.9. The second kappa shape index (κ2) is 10.7. The van der Waals surface area contributed by atoms with Gasteiger partial charge in [0.15, 0.2) is 12.8 Å². The zero-order valence-corrected chi connectivity index (χ0v) is 19.5. The molecule has 0 N–H and O–H groups in total. The van der Waals surface area contributed by atoms with Gasteiger partial charge in [-0.15, -0.1) is 0 Å². The third-order valence-electron chi connectivity index (χ3n) is 5.16. The van der Waals surface area contributed by atoms with Gasteiger partial charge in [0.1, 0.15) is 15.9 Å². The van der Waals surface area contributed by atoms with E-state index in [-0.39, 0.29) is 5.31 Å². The van der Waals surface area contributed by atoms with Gasteiger partial charge in [-0.1, -0.05) is 54.6 Å². The average molecular weight is 463 g/mol. The standard InChI is InChI=1S/C26H24O6P/c1-30-24(27)22(25(28)31-2)23(26(29)32-3)33(19-13-7-4-8-14-19,20-15-9-5-10-16-20)21-17-11-6-12-18-21/h4-18H,1-3H3/q+1. The van der Waals surface area contributed by atoms with Crippen molar-refractivity contribution in [2.45, 2.75) is 0 Å². The van der Waals surface area contributed by atoms with Gasteiger partial charge in [0.2, 0.25) is 5.31 Å². The van der Waals surface area contributed by atoms with Crippen LogP contribution in [-0.4, -0.2) is 39.2 Å². The van der Waals surface area contributed by atoms with E-state index in [4.69, 9.17) is 14.2 Å². The fraction of sp³-hybridized carbons (Fsp3) is 0.115. The summed E-state index contributed by atoms with van der Waals surface area (Å²) in [5.41, 5.74) is -0.489. The third-order valence-corrected chi connectivity index (χ3v) is 9.46. The van der Waals surface area contributed by atoms with Crippen LogP contribution < -0.4 is 15.9 Å². The highest BCUT2D eigenvalue weighted by atomic mass is 31.2. The molecule has 7 heteroatoms. The molecule has 0 amide bonds. The van der Waals surface area contributed by atoms with E-state index < -0.39 is 30.7 Å². The van der Waals surface area contributed by atoms with Crippen molar-refractivity contribution in [2.24, 2.45) is 0 Å². The summed E-state index contributed by atoms with van der Waals surface area (Å²) < 4.78 is 15.0. The molecule has 0 radical (unpaired) electrons. The van der Waals surface area contributed by atoms with Crippen molar-refractivity contribution in [1.82, 2.24) is 0 Å². The average Bonchev–Trinajstić information content (AvgIpc) is 2.89. The number of hydrogen-bond acceptors (Lipinski definition) is 6. The molecule has 6 nitrogen and oxygen atoms in total. The quantitative estimate of drug-likeness (QED) is 0.134. The van der Waals surface area contributed by atoms with Gasteiger partial charge in [0, 0.05) is 0 Å². The Balaban J connectivity index is 2.66. The number of esters is 3. The van der Waals surface area contributed by atoms with Crippen LogP contribution in [0.2, 0.25) is 0 Å². The van der Waals surface area contributed by atoms with Gasteiger partial charge in [0.05, 0.1) is 21.3 Å². The monoisotopic (exact) mass is 463 g/mol. The highest BCUT2D eigenvalue weighted by Crippen LogP contribution is 2.63. The number of carbonyl (C=O) groups is 3. The predicted octanol–water partition coefficient (Wildman–Crippen LogP) is 2.75. The molecule has 33 heavy (non-hydrogen) atoms. The van der Waals surface area contributed by atoms with E-state index in [1.165, 1.54) is 7.11 Å². The Morgan fingerprint density at radius 3 is 1.09 bits per heavy atom. The lowest BCUT2D eigenvalue weighted by atomic mass is 10.2. The number of methoxy groups -OCH3 is 3. The van der Waals surface area contributed by atoms with Crippen molar-refractivity contribution in [1.29, 1.82) is 0 Å². The zero-order valence-electron chi connectivity index (χ0n) is 18.6. The summed E-state index contributed by atoms with van der Waals surface area (Å²) in [5, 5.41) is 2.18. The zero-order chi connectivity index (χ0) is 23.8. The van der Waals surface area contributed by atoms with Crippen LogP contribution in [0.25, 0.3) is 0 Å². The number of hydrogen-bond donors (Lipinski definition) is 0. The van der Waals surface area contributed by atoms with Gasteiger partial charge in [-0.25, -0.2) is 14.4 Å². The van der Waals surface area contributed by atoms with E-state index in [0.29, 0.717) is 0 Å². The maximum atomic E-state index is 13.5. The summed E-state index contributed by atoms with van der Waals surface area (Å²) in [4.78, 5) is 39.4. The second-order valence-corrected chi connectivity index (χ2v) is 10.2. The first-order valence-corrected chi connectivity index (χ1v) is 11.9. The van der Waals surface area contributed by atoms with Crippen LogP contribution in [0.4, 0.5) is 0 Å². The SMILES string of the molecule is COC(=O)C(C(=O)OC)=C(C(=O)OC)[P+](c1ccccc1)(c1ccccc1)c1ccccc1. The van der Waals surface area contributed by atoms with Gasteiger partial charge in [-0.2, -0.15) is 0 Å². The molecular weight excluding hydrogens is 439 g/mol. The minimum absolute atomic E-state index is 0.0905. The van der Waals surface area contributed by atoms with E-state index in [0.717, 1.165) is 30.1 Å². The van der Waals surface area contributed by atoms with Crippen LogP contribution in [0.3, 0.4) is 0 Å². The van der Waals surface area contributed by atoms with Crippen LogP contribution in [0.1, 0.15) is 0 Å². The summed E-state index contributed by atoms with van der Waals surface area (Å²) >= 11 is 0. The molecule has 0 heterocycles. The van der Waals surface area contributed by atoms with Crippen molar-refractivity contribution < 1.29 is 28.6 Å².